The van der Waals surface area contributed by atoms with Crippen LogP contribution in [0, 0.1) is 0 Å². The summed E-state index contributed by atoms with van der Waals surface area (Å²) in [5.41, 5.74) is 0.404. The number of benzene rings is 2. The van der Waals surface area contributed by atoms with Crippen LogP contribution in [0.4, 0.5) is 5.69 Å². The van der Waals surface area contributed by atoms with Gasteiger partial charge in [0.05, 0.1) is 6.42 Å². The van der Waals surface area contributed by atoms with Gasteiger partial charge in [0.2, 0.25) is 11.7 Å². The van der Waals surface area contributed by atoms with Crippen molar-refractivity contribution in [3.8, 4) is 0 Å². The second kappa shape index (κ2) is 8.74. The van der Waals surface area contributed by atoms with Gasteiger partial charge in [-0.2, -0.15) is 0 Å². The highest BCUT2D eigenvalue weighted by Gasteiger charge is 2.35. The molecule has 0 fully saturated rings. The Hall–Kier alpha value is -2.50. The highest BCUT2D eigenvalue weighted by Crippen LogP contribution is 2.20. The number of carbonyl (C=O) groups is 2. The number of nitrogens with one attached hydrogen (secondary N) is 1. The SMILES string of the molecule is CCN(CC)C(C)(O)C(=O)c1ccc(NC(=O)Cc2ccccc2)cc1. The Balaban J connectivity index is 2.03. The number of ketones is 1. The predicted molar refractivity (Wildman–Crippen MR) is 103 cm³/mol. The molecule has 138 valence electrons. The molecule has 0 radical (unpaired) electrons. The van der Waals surface area contributed by atoms with Crippen molar-refractivity contribution in [1.82, 2.24) is 4.90 Å². The lowest BCUT2D eigenvalue weighted by molar-refractivity contribution is -0.115. The Morgan fingerprint density at radius 3 is 2.12 bits per heavy atom. The molecule has 0 bridgehead atoms. The summed E-state index contributed by atoms with van der Waals surface area (Å²) >= 11 is 0. The number of Topliss-reactive ketones (excluding diaryl/α,β-unsaturated/α-hetero) is 1. The van der Waals surface area contributed by atoms with Crippen molar-refractivity contribution in [3.05, 3.63) is 65.7 Å². The lowest BCUT2D eigenvalue weighted by Crippen LogP contribution is -2.52. The van der Waals surface area contributed by atoms with E-state index in [9.17, 15) is 14.7 Å². The third-order valence-corrected chi connectivity index (χ3v) is 4.45. The van der Waals surface area contributed by atoms with Gasteiger partial charge in [-0.15, -0.1) is 0 Å². The Bertz CT molecular complexity index is 736. The van der Waals surface area contributed by atoms with Crippen molar-refractivity contribution in [2.24, 2.45) is 0 Å². The van der Waals surface area contributed by atoms with Gasteiger partial charge in [-0.1, -0.05) is 44.2 Å². The molecular formula is C21H26N2O3. The zero-order valence-corrected chi connectivity index (χ0v) is 15.5. The summed E-state index contributed by atoms with van der Waals surface area (Å²) in [4.78, 5) is 26.4. The van der Waals surface area contributed by atoms with Crippen LogP contribution in [0.25, 0.3) is 0 Å². The molecule has 0 aromatic heterocycles. The summed E-state index contributed by atoms with van der Waals surface area (Å²) in [7, 11) is 0. The van der Waals surface area contributed by atoms with E-state index in [-0.39, 0.29) is 18.1 Å². The maximum atomic E-state index is 12.6. The molecule has 26 heavy (non-hydrogen) atoms. The van der Waals surface area contributed by atoms with E-state index in [1.165, 1.54) is 6.92 Å². The molecule has 1 unspecified atom stereocenters. The van der Waals surface area contributed by atoms with Crippen LogP contribution in [-0.4, -0.2) is 40.5 Å². The molecule has 0 heterocycles. The summed E-state index contributed by atoms with van der Waals surface area (Å²) < 4.78 is 0. The lowest BCUT2D eigenvalue weighted by Gasteiger charge is -2.34. The van der Waals surface area contributed by atoms with Gasteiger partial charge in [-0.25, -0.2) is 0 Å². The minimum atomic E-state index is -1.55. The van der Waals surface area contributed by atoms with E-state index in [1.807, 2.05) is 44.2 Å². The van der Waals surface area contributed by atoms with Crippen molar-refractivity contribution in [1.29, 1.82) is 0 Å². The van der Waals surface area contributed by atoms with E-state index in [0.717, 1.165) is 5.56 Å². The van der Waals surface area contributed by atoms with Gasteiger partial charge >= 0.3 is 0 Å². The van der Waals surface area contributed by atoms with E-state index in [0.29, 0.717) is 24.3 Å². The number of hydrogen-bond donors (Lipinski definition) is 2. The van der Waals surface area contributed by atoms with Crippen molar-refractivity contribution >= 4 is 17.4 Å². The molecule has 2 aromatic rings. The average molecular weight is 354 g/mol. The molecular weight excluding hydrogens is 328 g/mol. The molecule has 0 saturated heterocycles. The zero-order valence-electron chi connectivity index (χ0n) is 15.5. The molecule has 0 aliphatic rings. The van der Waals surface area contributed by atoms with Gasteiger partial charge < -0.3 is 10.4 Å². The first kappa shape index (κ1) is 19.8. The van der Waals surface area contributed by atoms with Gasteiger partial charge in [-0.3, -0.25) is 14.5 Å². The zero-order chi connectivity index (χ0) is 19.2. The summed E-state index contributed by atoms with van der Waals surface area (Å²) in [6.45, 7) is 6.46. The van der Waals surface area contributed by atoms with Gasteiger partial charge in [0.15, 0.2) is 5.72 Å². The van der Waals surface area contributed by atoms with Crippen LogP contribution in [0.1, 0.15) is 36.7 Å². The first-order valence-corrected chi connectivity index (χ1v) is 8.84. The molecule has 0 aliphatic heterocycles. The standard InChI is InChI=1S/C21H26N2O3/c1-4-23(5-2)21(3,26)20(25)17-11-13-18(14-12-17)22-19(24)15-16-9-7-6-8-10-16/h6-14,26H,4-5,15H2,1-3H3,(H,22,24). The molecule has 2 aromatic carbocycles. The summed E-state index contributed by atoms with van der Waals surface area (Å²) in [5.74, 6) is -0.478. The second-order valence-corrected chi connectivity index (χ2v) is 6.31. The Morgan fingerprint density at radius 2 is 1.58 bits per heavy atom. The Kier molecular flexibility index (Phi) is 6.66. The monoisotopic (exact) mass is 354 g/mol. The number of hydrogen-bond acceptors (Lipinski definition) is 4. The molecule has 1 amide bonds. The fourth-order valence-corrected chi connectivity index (χ4v) is 2.95. The van der Waals surface area contributed by atoms with E-state index >= 15 is 0 Å². The highest BCUT2D eigenvalue weighted by atomic mass is 16.3. The lowest BCUT2D eigenvalue weighted by atomic mass is 10.00. The maximum absolute atomic E-state index is 12.6. The topological polar surface area (TPSA) is 69.6 Å². The second-order valence-electron chi connectivity index (χ2n) is 6.31. The van der Waals surface area contributed by atoms with Gasteiger partial charge in [0.25, 0.3) is 0 Å². The summed E-state index contributed by atoms with van der Waals surface area (Å²) in [6.07, 6.45) is 0.290. The van der Waals surface area contributed by atoms with Crippen LogP contribution < -0.4 is 5.32 Å². The van der Waals surface area contributed by atoms with Crippen molar-refractivity contribution in [2.45, 2.75) is 32.9 Å². The van der Waals surface area contributed by atoms with E-state index in [1.54, 1.807) is 29.2 Å². The average Bonchev–Trinajstić information content (AvgIpc) is 2.63. The maximum Gasteiger partial charge on any atom is 0.228 e. The Labute approximate surface area is 154 Å². The number of amides is 1. The number of aliphatic hydroxyl groups is 1. The smallest absolute Gasteiger partial charge is 0.228 e. The molecule has 0 saturated carbocycles. The molecule has 5 nitrogen and oxygen atoms in total. The Morgan fingerprint density at radius 1 is 1.00 bits per heavy atom. The fourth-order valence-electron chi connectivity index (χ4n) is 2.95. The van der Waals surface area contributed by atoms with E-state index < -0.39 is 5.72 Å². The van der Waals surface area contributed by atoms with Crippen molar-refractivity contribution < 1.29 is 14.7 Å². The minimum absolute atomic E-state index is 0.120. The number of carbonyl (C=O) groups excluding carboxylic acids is 2. The highest BCUT2D eigenvalue weighted by molar-refractivity contribution is 6.02. The number of likely N-dealkylation sites (N-methyl/N-ethyl adjacent to an activating group) is 1. The van der Waals surface area contributed by atoms with Gasteiger partial charge in [0.1, 0.15) is 0 Å². The molecule has 0 spiro atoms. The fraction of sp³-hybridized carbons (Fsp3) is 0.333. The normalized spacial score (nSPS) is 13.3. The predicted octanol–water partition coefficient (Wildman–Crippen LogP) is 3.10. The van der Waals surface area contributed by atoms with Crippen LogP contribution in [0.3, 0.4) is 0 Å². The quantitative estimate of drug-likeness (QED) is 0.564. The van der Waals surface area contributed by atoms with Crippen molar-refractivity contribution in [3.63, 3.8) is 0 Å². The number of anilines is 1. The van der Waals surface area contributed by atoms with Crippen LogP contribution in [0.5, 0.6) is 0 Å². The molecule has 2 N–H and O–H groups in total. The van der Waals surface area contributed by atoms with Crippen LogP contribution in [0.15, 0.2) is 54.6 Å². The first-order chi connectivity index (χ1) is 12.4. The van der Waals surface area contributed by atoms with Gasteiger partial charge in [-0.05, 0) is 49.8 Å². The number of nitrogens with zero attached hydrogens (tertiary/aromatic N) is 1. The van der Waals surface area contributed by atoms with E-state index in [4.69, 9.17) is 0 Å². The third kappa shape index (κ3) is 4.77. The van der Waals surface area contributed by atoms with Crippen LogP contribution in [-0.2, 0) is 11.2 Å². The third-order valence-electron chi connectivity index (χ3n) is 4.45. The minimum Gasteiger partial charge on any atom is -0.369 e. The largest absolute Gasteiger partial charge is 0.369 e. The van der Waals surface area contributed by atoms with Gasteiger partial charge in [0, 0.05) is 11.3 Å². The first-order valence-electron chi connectivity index (χ1n) is 8.84. The molecule has 1 atom stereocenters. The van der Waals surface area contributed by atoms with Crippen molar-refractivity contribution in [2.75, 3.05) is 18.4 Å². The molecule has 5 heteroatoms. The summed E-state index contributed by atoms with van der Waals surface area (Å²) in [6, 6.07) is 16.1. The van der Waals surface area contributed by atoms with E-state index in [2.05, 4.69) is 5.32 Å². The summed E-state index contributed by atoms with van der Waals surface area (Å²) in [5, 5.41) is 13.4. The number of rotatable bonds is 8. The van der Waals surface area contributed by atoms with Crippen LogP contribution >= 0.6 is 0 Å². The molecule has 2 rings (SSSR count). The van der Waals surface area contributed by atoms with Crippen LogP contribution in [0.2, 0.25) is 0 Å². The molecule has 0 aliphatic carbocycles.